The number of aryl methyl sites for hydroxylation is 1. The minimum atomic E-state index is -0.112. The molecule has 4 nitrogen and oxygen atoms in total. The molecular weight excluding hydrogens is 394 g/mol. The number of hydrazine groups is 1. The van der Waals surface area contributed by atoms with E-state index in [4.69, 9.17) is 11.6 Å². The summed E-state index contributed by atoms with van der Waals surface area (Å²) in [6, 6.07) is 14.9. The smallest absolute Gasteiger partial charge is 0.129 e. The number of halogens is 1. The highest BCUT2D eigenvalue weighted by Crippen LogP contribution is 2.47. The van der Waals surface area contributed by atoms with Crippen molar-refractivity contribution >= 4 is 17.9 Å². The second-order valence-corrected chi connectivity index (χ2v) is 9.73. The van der Waals surface area contributed by atoms with Crippen molar-refractivity contribution in [1.82, 2.24) is 15.0 Å². The fourth-order valence-corrected chi connectivity index (χ4v) is 6.25. The van der Waals surface area contributed by atoms with Gasteiger partial charge in [-0.15, -0.1) is 0 Å². The lowest BCUT2D eigenvalue weighted by molar-refractivity contribution is -0.112. The monoisotopic (exact) mass is 423 g/mol. The normalized spacial score (nSPS) is 29.8. The fourth-order valence-electron chi connectivity index (χ4n) is 6.09. The molecule has 0 bridgehead atoms. The number of aldehydes is 1. The van der Waals surface area contributed by atoms with Gasteiger partial charge >= 0.3 is 0 Å². The molecule has 2 saturated heterocycles. The Bertz CT molecular complexity index is 905. The number of aromatic nitrogens is 1. The van der Waals surface area contributed by atoms with Crippen LogP contribution in [-0.2, 0) is 23.1 Å². The maximum atomic E-state index is 12.2. The first-order valence-corrected chi connectivity index (χ1v) is 11.7. The quantitative estimate of drug-likeness (QED) is 0.542. The zero-order valence-corrected chi connectivity index (χ0v) is 18.2. The van der Waals surface area contributed by atoms with E-state index in [-0.39, 0.29) is 11.3 Å². The molecule has 3 aliphatic rings. The molecule has 5 heteroatoms. The summed E-state index contributed by atoms with van der Waals surface area (Å²) in [6.45, 7) is 3.93. The molecule has 2 aromatic rings. The van der Waals surface area contributed by atoms with Gasteiger partial charge in [-0.25, -0.2) is 15.0 Å². The van der Waals surface area contributed by atoms with E-state index in [1.807, 2.05) is 6.07 Å². The van der Waals surface area contributed by atoms with Crippen LogP contribution < -0.4 is 0 Å². The molecule has 2 aliphatic heterocycles. The molecule has 0 radical (unpaired) electrons. The lowest BCUT2D eigenvalue weighted by Crippen LogP contribution is -2.48. The fraction of sp³-hybridized carbons (Fsp3) is 0.520. The van der Waals surface area contributed by atoms with Crippen LogP contribution in [0.1, 0.15) is 42.5 Å². The van der Waals surface area contributed by atoms with Crippen LogP contribution in [0.2, 0.25) is 5.15 Å². The van der Waals surface area contributed by atoms with E-state index in [0.29, 0.717) is 11.1 Å². The second-order valence-electron chi connectivity index (χ2n) is 9.34. The number of hydrogen-bond acceptors (Lipinski definition) is 4. The number of carbonyl (C=O) groups is 1. The molecule has 1 spiro atoms. The van der Waals surface area contributed by atoms with Crippen LogP contribution in [0.3, 0.4) is 0 Å². The standard InChI is InChI=1S/C25H30ClN3O/c26-24-11-10-22-23(27-24)9-4-12-25(22)18-29(16-21(25)17-30)28-13-5-8-20(15-28)14-19-6-2-1-3-7-19/h1-3,6-7,10-11,17,20-21H,4-5,8-9,12-16,18H2/t20?,21-,25+/m0/s1. The maximum Gasteiger partial charge on any atom is 0.129 e. The molecule has 0 saturated carbocycles. The third-order valence-electron chi connectivity index (χ3n) is 7.52. The Morgan fingerprint density at radius 1 is 1.10 bits per heavy atom. The van der Waals surface area contributed by atoms with Crippen molar-refractivity contribution in [3.05, 3.63) is 64.4 Å². The average molecular weight is 424 g/mol. The van der Waals surface area contributed by atoms with Gasteiger partial charge in [-0.05, 0) is 61.6 Å². The van der Waals surface area contributed by atoms with Crippen molar-refractivity contribution < 1.29 is 4.79 Å². The average Bonchev–Trinajstić information content (AvgIpc) is 3.13. The van der Waals surface area contributed by atoms with Crippen LogP contribution in [0.25, 0.3) is 0 Å². The van der Waals surface area contributed by atoms with Gasteiger partial charge in [-0.2, -0.15) is 0 Å². The van der Waals surface area contributed by atoms with E-state index in [9.17, 15) is 4.79 Å². The van der Waals surface area contributed by atoms with Gasteiger partial charge in [0.1, 0.15) is 11.4 Å². The summed E-state index contributed by atoms with van der Waals surface area (Å²) >= 11 is 6.18. The van der Waals surface area contributed by atoms with Crippen LogP contribution in [0.5, 0.6) is 0 Å². The van der Waals surface area contributed by atoms with E-state index in [1.165, 1.54) is 30.3 Å². The summed E-state index contributed by atoms with van der Waals surface area (Å²) in [5.41, 5.74) is 3.68. The molecule has 0 amide bonds. The van der Waals surface area contributed by atoms with Crippen LogP contribution >= 0.6 is 11.6 Å². The molecule has 5 rings (SSSR count). The van der Waals surface area contributed by atoms with Crippen molar-refractivity contribution in [2.24, 2.45) is 11.8 Å². The second kappa shape index (κ2) is 8.41. The number of carbonyl (C=O) groups excluding carboxylic acids is 1. The number of nitrogens with zero attached hydrogens (tertiary/aromatic N) is 3. The lowest BCUT2D eigenvalue weighted by atomic mass is 9.66. The topological polar surface area (TPSA) is 36.4 Å². The molecule has 1 unspecified atom stereocenters. The predicted octanol–water partition coefficient (Wildman–Crippen LogP) is 4.31. The molecule has 1 aromatic heterocycles. The highest BCUT2D eigenvalue weighted by molar-refractivity contribution is 6.29. The van der Waals surface area contributed by atoms with Crippen molar-refractivity contribution in [3.63, 3.8) is 0 Å². The molecule has 3 atom stereocenters. The Kier molecular flexibility index (Phi) is 5.65. The minimum Gasteiger partial charge on any atom is -0.303 e. The van der Waals surface area contributed by atoms with Crippen LogP contribution in [-0.4, -0.2) is 47.5 Å². The Morgan fingerprint density at radius 3 is 2.80 bits per heavy atom. The van der Waals surface area contributed by atoms with E-state index in [1.54, 1.807) is 0 Å². The number of benzene rings is 1. The number of piperidine rings is 1. The van der Waals surface area contributed by atoms with Crippen LogP contribution in [0.4, 0.5) is 0 Å². The first kappa shape index (κ1) is 20.2. The Hall–Kier alpha value is -1.75. The third-order valence-corrected chi connectivity index (χ3v) is 7.73. The van der Waals surface area contributed by atoms with Crippen molar-refractivity contribution in [2.75, 3.05) is 26.2 Å². The zero-order chi connectivity index (χ0) is 20.6. The first-order chi connectivity index (χ1) is 14.7. The summed E-state index contributed by atoms with van der Waals surface area (Å²) in [5, 5.41) is 5.59. The number of hydrogen-bond donors (Lipinski definition) is 0. The molecule has 30 heavy (non-hydrogen) atoms. The Labute approximate surface area is 184 Å². The number of fused-ring (bicyclic) bond motifs is 2. The van der Waals surface area contributed by atoms with Gasteiger partial charge in [0, 0.05) is 43.2 Å². The van der Waals surface area contributed by atoms with Gasteiger partial charge in [0.2, 0.25) is 0 Å². The summed E-state index contributed by atoms with van der Waals surface area (Å²) in [6.07, 6.45) is 7.95. The maximum absolute atomic E-state index is 12.2. The minimum absolute atomic E-state index is 0.0222. The molecule has 1 aliphatic carbocycles. The highest BCUT2D eigenvalue weighted by atomic mass is 35.5. The van der Waals surface area contributed by atoms with Gasteiger partial charge in [0.15, 0.2) is 0 Å². The molecule has 0 N–H and O–H groups in total. The van der Waals surface area contributed by atoms with Crippen LogP contribution in [0, 0.1) is 11.8 Å². The lowest BCUT2D eigenvalue weighted by Gasteiger charge is -2.41. The van der Waals surface area contributed by atoms with Gasteiger partial charge in [-0.1, -0.05) is 48.0 Å². The zero-order valence-electron chi connectivity index (χ0n) is 17.5. The molecule has 158 valence electrons. The highest BCUT2D eigenvalue weighted by Gasteiger charge is 2.51. The number of rotatable bonds is 4. The largest absolute Gasteiger partial charge is 0.303 e. The Morgan fingerprint density at radius 2 is 1.97 bits per heavy atom. The van der Waals surface area contributed by atoms with E-state index in [2.05, 4.69) is 51.4 Å². The SMILES string of the molecule is O=C[C@@H]1CN(N2CCCC(Cc3ccccc3)C2)C[C@]12CCCc1nc(Cl)ccc12. The number of pyridine rings is 1. The molecule has 1 aromatic carbocycles. The van der Waals surface area contributed by atoms with Crippen molar-refractivity contribution in [3.8, 4) is 0 Å². The molecular formula is C25H30ClN3O. The van der Waals surface area contributed by atoms with Gasteiger partial charge in [-0.3, -0.25) is 0 Å². The van der Waals surface area contributed by atoms with E-state index in [0.717, 1.165) is 57.6 Å². The summed E-state index contributed by atoms with van der Waals surface area (Å²) in [4.78, 5) is 16.8. The van der Waals surface area contributed by atoms with Crippen molar-refractivity contribution in [2.45, 2.75) is 43.9 Å². The summed E-state index contributed by atoms with van der Waals surface area (Å²) in [5.74, 6) is 0.695. The molecule has 2 fully saturated rings. The first-order valence-electron chi connectivity index (χ1n) is 11.3. The van der Waals surface area contributed by atoms with E-state index < -0.39 is 0 Å². The predicted molar refractivity (Wildman–Crippen MR) is 119 cm³/mol. The summed E-state index contributed by atoms with van der Waals surface area (Å²) in [7, 11) is 0. The molecule has 3 heterocycles. The van der Waals surface area contributed by atoms with Gasteiger partial charge in [0.25, 0.3) is 0 Å². The van der Waals surface area contributed by atoms with Gasteiger partial charge < -0.3 is 4.79 Å². The van der Waals surface area contributed by atoms with Crippen molar-refractivity contribution in [1.29, 1.82) is 0 Å². The third kappa shape index (κ3) is 3.70. The van der Waals surface area contributed by atoms with Gasteiger partial charge in [0.05, 0.1) is 0 Å². The van der Waals surface area contributed by atoms with E-state index >= 15 is 0 Å². The summed E-state index contributed by atoms with van der Waals surface area (Å²) < 4.78 is 0. The van der Waals surface area contributed by atoms with Crippen LogP contribution in [0.15, 0.2) is 42.5 Å². The Balaban J connectivity index is 1.35.